The number of nitrogens with zero attached hydrogens (tertiary/aromatic N) is 2. The SMILES string of the molecule is C[C@@H](O)CN1CCC(CN(C)CCC(N)=O)CC1. The van der Waals surface area contributed by atoms with Crippen molar-refractivity contribution in [2.24, 2.45) is 11.7 Å². The number of rotatable bonds is 7. The van der Waals surface area contributed by atoms with Crippen LogP contribution in [0.1, 0.15) is 26.2 Å². The molecule has 1 fully saturated rings. The van der Waals surface area contributed by atoms with Crippen LogP contribution in [-0.4, -0.2) is 66.7 Å². The van der Waals surface area contributed by atoms with E-state index >= 15 is 0 Å². The Bertz CT molecular complexity index is 251. The van der Waals surface area contributed by atoms with Gasteiger partial charge in [-0.15, -0.1) is 0 Å². The molecule has 106 valence electrons. The van der Waals surface area contributed by atoms with Crippen LogP contribution in [0.5, 0.6) is 0 Å². The maximum absolute atomic E-state index is 10.7. The van der Waals surface area contributed by atoms with Gasteiger partial charge in [-0.25, -0.2) is 0 Å². The highest BCUT2D eigenvalue weighted by Crippen LogP contribution is 2.18. The third-order valence-electron chi connectivity index (χ3n) is 3.54. The topological polar surface area (TPSA) is 69.8 Å². The Morgan fingerprint density at radius 1 is 1.50 bits per heavy atom. The first-order chi connectivity index (χ1) is 8.47. The van der Waals surface area contributed by atoms with Gasteiger partial charge >= 0.3 is 0 Å². The third-order valence-corrected chi connectivity index (χ3v) is 3.54. The smallest absolute Gasteiger partial charge is 0.218 e. The Kier molecular flexibility index (Phi) is 6.60. The molecule has 0 spiro atoms. The number of hydrogen-bond donors (Lipinski definition) is 2. The third kappa shape index (κ3) is 6.33. The summed E-state index contributed by atoms with van der Waals surface area (Å²) in [6.07, 6.45) is 2.55. The van der Waals surface area contributed by atoms with E-state index in [-0.39, 0.29) is 12.0 Å². The normalized spacial score (nSPS) is 20.2. The number of aliphatic hydroxyl groups excluding tert-OH is 1. The van der Waals surface area contributed by atoms with Gasteiger partial charge in [0.15, 0.2) is 0 Å². The lowest BCUT2D eigenvalue weighted by atomic mass is 9.96. The summed E-state index contributed by atoms with van der Waals surface area (Å²) in [5, 5.41) is 9.34. The van der Waals surface area contributed by atoms with Gasteiger partial charge in [-0.1, -0.05) is 0 Å². The van der Waals surface area contributed by atoms with Gasteiger partial charge < -0.3 is 20.6 Å². The summed E-state index contributed by atoms with van der Waals surface area (Å²) in [5.41, 5.74) is 5.14. The van der Waals surface area contributed by atoms with Crippen molar-refractivity contribution in [3.05, 3.63) is 0 Å². The molecule has 3 N–H and O–H groups in total. The first-order valence-corrected chi connectivity index (χ1v) is 6.84. The fourth-order valence-electron chi connectivity index (χ4n) is 2.56. The van der Waals surface area contributed by atoms with E-state index in [0.717, 1.165) is 32.7 Å². The van der Waals surface area contributed by atoms with Crippen molar-refractivity contribution < 1.29 is 9.90 Å². The summed E-state index contributed by atoms with van der Waals surface area (Å²) >= 11 is 0. The van der Waals surface area contributed by atoms with Gasteiger partial charge in [0.2, 0.25) is 5.91 Å². The maximum atomic E-state index is 10.7. The number of aliphatic hydroxyl groups is 1. The number of hydrogen-bond acceptors (Lipinski definition) is 4. The number of likely N-dealkylation sites (tertiary alicyclic amines) is 1. The molecule has 0 aromatic carbocycles. The van der Waals surface area contributed by atoms with E-state index in [4.69, 9.17) is 5.73 Å². The highest BCUT2D eigenvalue weighted by Gasteiger charge is 2.20. The first-order valence-electron chi connectivity index (χ1n) is 6.84. The molecule has 18 heavy (non-hydrogen) atoms. The number of β-amino-alcohol motifs (C(OH)–C–C–N with tert-alkyl or cyclic N) is 1. The Morgan fingerprint density at radius 2 is 2.11 bits per heavy atom. The monoisotopic (exact) mass is 257 g/mol. The number of carbonyl (C=O) groups excluding carboxylic acids is 1. The molecule has 1 aliphatic heterocycles. The van der Waals surface area contributed by atoms with Crippen LogP contribution in [0.2, 0.25) is 0 Å². The van der Waals surface area contributed by atoms with Crippen molar-refractivity contribution in [3.63, 3.8) is 0 Å². The molecule has 0 bridgehead atoms. The predicted octanol–water partition coefficient (Wildman–Crippen LogP) is -0.114. The Morgan fingerprint density at radius 3 is 2.61 bits per heavy atom. The minimum absolute atomic E-state index is 0.228. The summed E-state index contributed by atoms with van der Waals surface area (Å²) < 4.78 is 0. The van der Waals surface area contributed by atoms with E-state index in [2.05, 4.69) is 9.80 Å². The van der Waals surface area contributed by atoms with Crippen LogP contribution in [0, 0.1) is 5.92 Å². The summed E-state index contributed by atoms with van der Waals surface area (Å²) in [4.78, 5) is 15.2. The molecule has 1 atom stereocenters. The molecule has 1 saturated heterocycles. The molecule has 0 aromatic rings. The summed E-state index contributed by atoms with van der Waals surface area (Å²) in [6, 6.07) is 0. The van der Waals surface area contributed by atoms with Crippen molar-refractivity contribution in [3.8, 4) is 0 Å². The largest absolute Gasteiger partial charge is 0.392 e. The zero-order valence-corrected chi connectivity index (χ0v) is 11.6. The number of carbonyl (C=O) groups is 1. The lowest BCUT2D eigenvalue weighted by Gasteiger charge is -2.34. The molecule has 0 radical (unpaired) electrons. The number of primary amides is 1. The molecule has 5 heteroatoms. The summed E-state index contributed by atoms with van der Waals surface area (Å²) in [7, 11) is 2.05. The van der Waals surface area contributed by atoms with Crippen LogP contribution in [0.15, 0.2) is 0 Å². The van der Waals surface area contributed by atoms with E-state index in [1.54, 1.807) is 0 Å². The van der Waals surface area contributed by atoms with Gasteiger partial charge in [0.25, 0.3) is 0 Å². The number of nitrogens with two attached hydrogens (primary N) is 1. The standard InChI is InChI=1S/C13H27N3O2/c1-11(17)9-16-7-3-12(4-8-16)10-15(2)6-5-13(14)18/h11-12,17H,3-10H2,1-2H3,(H2,14,18)/t11-/m1/s1. The van der Waals surface area contributed by atoms with Crippen LogP contribution < -0.4 is 5.73 Å². The van der Waals surface area contributed by atoms with Gasteiger partial charge in [0.1, 0.15) is 0 Å². The average Bonchev–Trinajstić information content (AvgIpc) is 2.28. The van der Waals surface area contributed by atoms with E-state index in [1.807, 2.05) is 14.0 Å². The fraction of sp³-hybridized carbons (Fsp3) is 0.923. The molecule has 0 aromatic heterocycles. The van der Waals surface area contributed by atoms with Crippen molar-refractivity contribution in [2.75, 3.05) is 39.8 Å². The van der Waals surface area contributed by atoms with Gasteiger partial charge in [-0.2, -0.15) is 0 Å². The van der Waals surface area contributed by atoms with Gasteiger partial charge in [-0.05, 0) is 45.8 Å². The second kappa shape index (κ2) is 7.71. The molecule has 1 aliphatic rings. The zero-order valence-electron chi connectivity index (χ0n) is 11.6. The predicted molar refractivity (Wildman–Crippen MR) is 72.2 cm³/mol. The minimum Gasteiger partial charge on any atom is -0.392 e. The summed E-state index contributed by atoms with van der Waals surface area (Å²) in [6.45, 7) is 6.55. The van der Waals surface area contributed by atoms with Gasteiger partial charge in [0.05, 0.1) is 6.10 Å². The molecule has 0 aliphatic carbocycles. The second-order valence-corrected chi connectivity index (χ2v) is 5.57. The van der Waals surface area contributed by atoms with Crippen LogP contribution in [0.25, 0.3) is 0 Å². The Balaban J connectivity index is 2.16. The maximum Gasteiger partial charge on any atom is 0.218 e. The first kappa shape index (κ1) is 15.4. The lowest BCUT2D eigenvalue weighted by Crippen LogP contribution is -2.41. The lowest BCUT2D eigenvalue weighted by molar-refractivity contribution is -0.118. The highest BCUT2D eigenvalue weighted by atomic mass is 16.3. The average molecular weight is 257 g/mol. The Hall–Kier alpha value is -0.650. The quantitative estimate of drug-likeness (QED) is 0.667. The summed E-state index contributed by atoms with van der Waals surface area (Å²) in [5.74, 6) is 0.474. The molecule has 0 saturated carbocycles. The molecular formula is C13H27N3O2. The van der Waals surface area contributed by atoms with Crippen LogP contribution in [0.3, 0.4) is 0 Å². The van der Waals surface area contributed by atoms with E-state index in [0.29, 0.717) is 12.3 Å². The molecule has 1 rings (SSSR count). The Labute approximate surface area is 110 Å². The van der Waals surface area contributed by atoms with Crippen molar-refractivity contribution in [1.29, 1.82) is 0 Å². The fourth-order valence-corrected chi connectivity index (χ4v) is 2.56. The zero-order chi connectivity index (χ0) is 13.5. The van der Waals surface area contributed by atoms with Crippen molar-refractivity contribution in [1.82, 2.24) is 9.80 Å². The number of amides is 1. The van der Waals surface area contributed by atoms with Crippen LogP contribution in [-0.2, 0) is 4.79 Å². The molecule has 1 heterocycles. The highest BCUT2D eigenvalue weighted by molar-refractivity contribution is 5.73. The van der Waals surface area contributed by atoms with Crippen LogP contribution in [0.4, 0.5) is 0 Å². The second-order valence-electron chi connectivity index (χ2n) is 5.57. The van der Waals surface area contributed by atoms with Crippen LogP contribution >= 0.6 is 0 Å². The molecule has 5 nitrogen and oxygen atoms in total. The van der Waals surface area contributed by atoms with Gasteiger partial charge in [0, 0.05) is 26.1 Å². The van der Waals surface area contributed by atoms with Gasteiger partial charge in [-0.3, -0.25) is 4.79 Å². The number of piperidine rings is 1. The van der Waals surface area contributed by atoms with E-state index in [9.17, 15) is 9.90 Å². The van der Waals surface area contributed by atoms with Crippen molar-refractivity contribution >= 4 is 5.91 Å². The molecule has 0 unspecified atom stereocenters. The van der Waals surface area contributed by atoms with E-state index < -0.39 is 0 Å². The van der Waals surface area contributed by atoms with E-state index in [1.165, 1.54) is 12.8 Å². The minimum atomic E-state index is -0.236. The van der Waals surface area contributed by atoms with Crippen molar-refractivity contribution in [2.45, 2.75) is 32.3 Å². The molecular weight excluding hydrogens is 230 g/mol. The molecule has 1 amide bonds.